The number of anilines is 1. The number of nitrogens with zero attached hydrogens (tertiary/aromatic N) is 4. The lowest BCUT2D eigenvalue weighted by molar-refractivity contribution is 0.178. The number of allylic oxidation sites excluding steroid dienone is 5. The van der Waals surface area contributed by atoms with Crippen LogP contribution in [0.3, 0.4) is 0 Å². The SMILES string of the molecule is CC1C2=CC=CC1C1=NC(=NC(N3CCCC3)=CC1)Nc1cccc(c1)CN(C)C/C=C/CCO2.[HH]. The fraction of sp³-hybridized carbons (Fsp3) is 0.448. The third kappa shape index (κ3) is 5.93. The minimum absolute atomic E-state index is 0. The summed E-state index contributed by atoms with van der Waals surface area (Å²) in [6, 6.07) is 8.60. The molecule has 6 nitrogen and oxygen atoms in total. The van der Waals surface area contributed by atoms with Crippen molar-refractivity contribution in [3.63, 3.8) is 0 Å². The maximum Gasteiger partial charge on any atom is 0.229 e. The van der Waals surface area contributed by atoms with Gasteiger partial charge in [0.1, 0.15) is 5.82 Å². The molecule has 1 fully saturated rings. The first-order valence-electron chi connectivity index (χ1n) is 13.0. The normalized spacial score (nSPS) is 26.6. The van der Waals surface area contributed by atoms with Crippen LogP contribution in [0.5, 0.6) is 0 Å². The Morgan fingerprint density at radius 2 is 2.03 bits per heavy atom. The summed E-state index contributed by atoms with van der Waals surface area (Å²) in [6.07, 6.45) is 17.4. The lowest BCUT2D eigenvalue weighted by Crippen LogP contribution is -2.26. The molecule has 4 aliphatic rings. The number of likely N-dealkylation sites (tertiary alicyclic amines) is 1. The van der Waals surface area contributed by atoms with Gasteiger partial charge >= 0.3 is 0 Å². The Kier molecular flexibility index (Phi) is 7.48. The molecular formula is C29H39N5O. The van der Waals surface area contributed by atoms with Crippen molar-refractivity contribution in [1.29, 1.82) is 0 Å². The second-order valence-electron chi connectivity index (χ2n) is 9.90. The second kappa shape index (κ2) is 11.1. The van der Waals surface area contributed by atoms with Crippen molar-refractivity contribution in [3.8, 4) is 0 Å². The van der Waals surface area contributed by atoms with E-state index in [1.165, 1.54) is 18.4 Å². The first kappa shape index (κ1) is 23.6. The van der Waals surface area contributed by atoms with E-state index in [0.29, 0.717) is 12.6 Å². The van der Waals surface area contributed by atoms with Gasteiger partial charge in [-0.3, -0.25) is 4.90 Å². The molecule has 5 rings (SSSR count). The molecule has 6 bridgehead atoms. The number of benzene rings is 1. The van der Waals surface area contributed by atoms with E-state index >= 15 is 0 Å². The van der Waals surface area contributed by atoms with Crippen LogP contribution < -0.4 is 5.32 Å². The Labute approximate surface area is 211 Å². The standard InChI is InChI=1S/C29H37N5O.H2/c1-22-25-12-9-13-27(22)35-19-7-3-4-16-33(2)21-23-10-8-11-24(20-23)30-29-31-26(25)14-15-28(32-29)34-17-5-6-18-34;/h3-4,8-13,15,20,22,25H,5-7,14,16-19,21H2,1-2H3,(H,30,32);1H/b4-3+;. The lowest BCUT2D eigenvalue weighted by Gasteiger charge is -2.27. The van der Waals surface area contributed by atoms with Gasteiger partial charge in [0.05, 0.1) is 12.4 Å². The molecule has 0 amide bonds. The topological polar surface area (TPSA) is 52.5 Å². The highest BCUT2D eigenvalue weighted by Gasteiger charge is 2.28. The minimum Gasteiger partial charge on any atom is -0.497 e. The zero-order chi connectivity index (χ0) is 24.0. The summed E-state index contributed by atoms with van der Waals surface area (Å²) in [7, 11) is 2.15. The van der Waals surface area contributed by atoms with Gasteiger partial charge in [0.25, 0.3) is 0 Å². The molecule has 0 aromatic heterocycles. The number of aliphatic imine (C=N–C) groups is 2. The molecule has 0 radical (unpaired) electrons. The molecule has 0 spiro atoms. The van der Waals surface area contributed by atoms with E-state index in [1.54, 1.807) is 0 Å². The van der Waals surface area contributed by atoms with Crippen LogP contribution in [0, 0.1) is 11.8 Å². The number of likely N-dealkylation sites (N-methyl/N-ethyl adjacent to an activating group) is 1. The van der Waals surface area contributed by atoms with Gasteiger partial charge in [0.2, 0.25) is 5.96 Å². The number of nitrogens with one attached hydrogen (secondary N) is 1. The summed E-state index contributed by atoms with van der Waals surface area (Å²) in [4.78, 5) is 14.8. The number of guanidine groups is 1. The van der Waals surface area contributed by atoms with Crippen molar-refractivity contribution in [1.82, 2.24) is 9.80 Å². The van der Waals surface area contributed by atoms with Gasteiger partial charge in [-0.05, 0) is 56.2 Å². The fourth-order valence-electron chi connectivity index (χ4n) is 5.18. The van der Waals surface area contributed by atoms with Crippen LogP contribution in [0.4, 0.5) is 5.69 Å². The summed E-state index contributed by atoms with van der Waals surface area (Å²) >= 11 is 0. The fourth-order valence-corrected chi connectivity index (χ4v) is 5.18. The van der Waals surface area contributed by atoms with Crippen molar-refractivity contribution in [2.75, 3.05) is 38.6 Å². The Morgan fingerprint density at radius 3 is 2.91 bits per heavy atom. The van der Waals surface area contributed by atoms with Gasteiger partial charge in [-0.2, -0.15) is 4.99 Å². The smallest absolute Gasteiger partial charge is 0.229 e. The Hall–Kier alpha value is -3.12. The predicted octanol–water partition coefficient (Wildman–Crippen LogP) is 5.60. The number of ether oxygens (including phenoxy) is 1. The lowest BCUT2D eigenvalue weighted by atomic mass is 9.83. The molecule has 2 unspecified atom stereocenters. The molecule has 1 saturated heterocycles. The average molecular weight is 474 g/mol. The maximum absolute atomic E-state index is 6.22. The van der Waals surface area contributed by atoms with Gasteiger partial charge in [-0.25, -0.2) is 4.99 Å². The van der Waals surface area contributed by atoms with E-state index in [1.807, 2.05) is 0 Å². The molecule has 1 aliphatic carbocycles. The van der Waals surface area contributed by atoms with Crippen LogP contribution in [-0.4, -0.2) is 54.8 Å². The summed E-state index contributed by atoms with van der Waals surface area (Å²) in [5.74, 6) is 3.17. The van der Waals surface area contributed by atoms with Gasteiger partial charge in [0, 0.05) is 57.3 Å². The van der Waals surface area contributed by atoms with Crippen LogP contribution in [0.1, 0.15) is 39.6 Å². The van der Waals surface area contributed by atoms with Crippen molar-refractivity contribution in [3.05, 3.63) is 77.9 Å². The Morgan fingerprint density at radius 1 is 1.14 bits per heavy atom. The molecule has 1 aromatic carbocycles. The van der Waals surface area contributed by atoms with E-state index in [4.69, 9.17) is 14.7 Å². The summed E-state index contributed by atoms with van der Waals surface area (Å²) < 4.78 is 6.22. The van der Waals surface area contributed by atoms with Crippen LogP contribution in [0.2, 0.25) is 0 Å². The largest absolute Gasteiger partial charge is 0.497 e. The van der Waals surface area contributed by atoms with Crippen LogP contribution in [0.15, 0.2) is 82.3 Å². The zero-order valence-electron chi connectivity index (χ0n) is 21.0. The van der Waals surface area contributed by atoms with Crippen LogP contribution >= 0.6 is 0 Å². The van der Waals surface area contributed by atoms with Gasteiger partial charge in [0.15, 0.2) is 0 Å². The first-order valence-corrected chi connectivity index (χ1v) is 13.0. The molecule has 3 aliphatic heterocycles. The highest BCUT2D eigenvalue weighted by molar-refractivity contribution is 6.06. The zero-order valence-corrected chi connectivity index (χ0v) is 21.0. The molecular weight excluding hydrogens is 434 g/mol. The van der Waals surface area contributed by atoms with Crippen molar-refractivity contribution in [2.45, 2.75) is 39.2 Å². The van der Waals surface area contributed by atoms with E-state index < -0.39 is 0 Å². The number of hydrogen-bond donors (Lipinski definition) is 1. The Bertz CT molecular complexity index is 1100. The minimum atomic E-state index is 0. The number of fused-ring (bicyclic) bond motifs is 6. The summed E-state index contributed by atoms with van der Waals surface area (Å²) in [6.45, 7) is 6.86. The van der Waals surface area contributed by atoms with E-state index in [-0.39, 0.29) is 13.3 Å². The number of hydrogen-bond acceptors (Lipinski definition) is 6. The highest BCUT2D eigenvalue weighted by atomic mass is 16.5. The van der Waals surface area contributed by atoms with Gasteiger partial charge in [-0.15, -0.1) is 0 Å². The van der Waals surface area contributed by atoms with E-state index in [9.17, 15) is 0 Å². The van der Waals surface area contributed by atoms with Gasteiger partial charge in [-0.1, -0.05) is 43.4 Å². The van der Waals surface area contributed by atoms with E-state index in [2.05, 4.69) is 89.8 Å². The third-order valence-electron chi connectivity index (χ3n) is 7.12. The van der Waals surface area contributed by atoms with Crippen molar-refractivity contribution < 1.29 is 6.16 Å². The molecule has 6 heteroatoms. The first-order chi connectivity index (χ1) is 17.2. The second-order valence-corrected chi connectivity index (χ2v) is 9.90. The van der Waals surface area contributed by atoms with Crippen molar-refractivity contribution in [2.24, 2.45) is 21.8 Å². The monoisotopic (exact) mass is 473 g/mol. The van der Waals surface area contributed by atoms with Crippen LogP contribution in [-0.2, 0) is 11.3 Å². The molecule has 0 saturated carbocycles. The summed E-state index contributed by atoms with van der Waals surface area (Å²) in [5, 5.41) is 3.54. The predicted molar refractivity (Wildman–Crippen MR) is 146 cm³/mol. The van der Waals surface area contributed by atoms with Gasteiger partial charge < -0.3 is 15.0 Å². The van der Waals surface area contributed by atoms with Crippen LogP contribution in [0.25, 0.3) is 0 Å². The van der Waals surface area contributed by atoms with E-state index in [0.717, 1.165) is 62.0 Å². The molecule has 1 N–H and O–H groups in total. The Balaban J connectivity index is 0.00000304. The molecule has 186 valence electrons. The molecule has 3 heterocycles. The number of rotatable bonds is 1. The maximum atomic E-state index is 6.22. The third-order valence-corrected chi connectivity index (χ3v) is 7.12. The molecule has 35 heavy (non-hydrogen) atoms. The average Bonchev–Trinajstić information content (AvgIpc) is 3.31. The molecule has 2 atom stereocenters. The van der Waals surface area contributed by atoms with Crippen molar-refractivity contribution >= 4 is 17.4 Å². The summed E-state index contributed by atoms with van der Waals surface area (Å²) in [5.41, 5.74) is 3.41. The highest BCUT2D eigenvalue weighted by Crippen LogP contribution is 2.31. The quantitative estimate of drug-likeness (QED) is 0.540. The molecule has 1 aromatic rings.